The van der Waals surface area contributed by atoms with Crippen LogP contribution < -0.4 is 15.5 Å². The number of urea groups is 1. The van der Waals surface area contributed by atoms with Gasteiger partial charge in [-0.3, -0.25) is 0 Å². The maximum Gasteiger partial charge on any atom is 0.315 e. The summed E-state index contributed by atoms with van der Waals surface area (Å²) < 4.78 is 0. The molecule has 154 valence electrons. The highest BCUT2D eigenvalue weighted by molar-refractivity contribution is 5.74. The van der Waals surface area contributed by atoms with Gasteiger partial charge in [0.25, 0.3) is 0 Å². The molecule has 3 fully saturated rings. The Morgan fingerprint density at radius 3 is 2.50 bits per heavy atom. The summed E-state index contributed by atoms with van der Waals surface area (Å²) >= 11 is 0. The number of amides is 2. The molecule has 0 aromatic carbocycles. The predicted octanol–water partition coefficient (Wildman–Crippen LogP) is 3.81. The van der Waals surface area contributed by atoms with Gasteiger partial charge in [0, 0.05) is 36.9 Å². The predicted molar refractivity (Wildman–Crippen MR) is 111 cm³/mol. The number of nitrogens with one attached hydrogen (secondary N) is 2. The van der Waals surface area contributed by atoms with Crippen LogP contribution in [0.3, 0.4) is 0 Å². The second kappa shape index (κ2) is 8.66. The van der Waals surface area contributed by atoms with Crippen LogP contribution in [0.5, 0.6) is 0 Å². The zero-order chi connectivity index (χ0) is 19.4. The molecule has 6 nitrogen and oxygen atoms in total. The smallest absolute Gasteiger partial charge is 0.315 e. The highest BCUT2D eigenvalue weighted by atomic mass is 16.2. The van der Waals surface area contributed by atoms with Gasteiger partial charge in [-0.2, -0.15) is 0 Å². The average Bonchev–Trinajstić information content (AvgIpc) is 3.19. The van der Waals surface area contributed by atoms with E-state index in [1.54, 1.807) is 6.33 Å². The van der Waals surface area contributed by atoms with Crippen molar-refractivity contribution in [1.29, 1.82) is 0 Å². The van der Waals surface area contributed by atoms with Crippen molar-refractivity contribution in [2.75, 3.05) is 18.0 Å². The van der Waals surface area contributed by atoms with E-state index in [-0.39, 0.29) is 12.1 Å². The zero-order valence-electron chi connectivity index (χ0n) is 17.3. The Morgan fingerprint density at radius 1 is 1.07 bits per heavy atom. The maximum atomic E-state index is 12.7. The third kappa shape index (κ3) is 4.26. The van der Waals surface area contributed by atoms with Crippen LogP contribution in [0.15, 0.2) is 12.4 Å². The monoisotopic (exact) mass is 385 g/mol. The van der Waals surface area contributed by atoms with E-state index < -0.39 is 0 Å². The van der Waals surface area contributed by atoms with Crippen LogP contribution in [0, 0.1) is 5.41 Å². The molecule has 1 aliphatic heterocycles. The Balaban J connectivity index is 1.27. The van der Waals surface area contributed by atoms with E-state index in [9.17, 15) is 4.79 Å². The Labute approximate surface area is 168 Å². The van der Waals surface area contributed by atoms with Gasteiger partial charge < -0.3 is 15.5 Å². The summed E-state index contributed by atoms with van der Waals surface area (Å²) in [5, 5.41) is 6.63. The quantitative estimate of drug-likeness (QED) is 0.827. The summed E-state index contributed by atoms with van der Waals surface area (Å²) in [6, 6.07) is 2.76. The number of nitrogens with zero attached hydrogens (tertiary/aromatic N) is 3. The molecule has 2 aliphatic carbocycles. The number of hydrogen-bond acceptors (Lipinski definition) is 4. The molecule has 28 heavy (non-hydrogen) atoms. The van der Waals surface area contributed by atoms with Crippen molar-refractivity contribution < 1.29 is 4.79 Å². The van der Waals surface area contributed by atoms with Crippen LogP contribution in [0.4, 0.5) is 10.6 Å². The maximum absolute atomic E-state index is 12.7. The van der Waals surface area contributed by atoms with E-state index >= 15 is 0 Å². The molecular weight excluding hydrogens is 350 g/mol. The van der Waals surface area contributed by atoms with Gasteiger partial charge >= 0.3 is 6.03 Å². The lowest BCUT2D eigenvalue weighted by molar-refractivity contribution is 0.132. The molecule has 3 aliphatic rings. The fraction of sp³-hybridized carbons (Fsp3) is 0.773. The first-order valence-corrected chi connectivity index (χ1v) is 11.3. The molecule has 4 rings (SSSR count). The van der Waals surface area contributed by atoms with E-state index in [2.05, 4.69) is 38.5 Å². The molecule has 2 saturated carbocycles. The molecular formula is C22H35N5O. The van der Waals surface area contributed by atoms with Gasteiger partial charge in [-0.15, -0.1) is 0 Å². The minimum Gasteiger partial charge on any atom is -0.356 e. The normalized spacial score (nSPS) is 25.0. The third-order valence-corrected chi connectivity index (χ3v) is 7.29. The van der Waals surface area contributed by atoms with Gasteiger partial charge in [0.2, 0.25) is 0 Å². The second-order valence-electron chi connectivity index (χ2n) is 8.97. The minimum absolute atomic E-state index is 0.0481. The molecule has 1 saturated heterocycles. The lowest BCUT2D eigenvalue weighted by Gasteiger charge is -2.42. The first kappa shape index (κ1) is 19.5. The summed E-state index contributed by atoms with van der Waals surface area (Å²) in [4.78, 5) is 23.7. The van der Waals surface area contributed by atoms with Crippen LogP contribution in [0.2, 0.25) is 0 Å². The second-order valence-corrected chi connectivity index (χ2v) is 8.97. The molecule has 0 bridgehead atoms. The Kier molecular flexibility index (Phi) is 6.02. The van der Waals surface area contributed by atoms with Crippen LogP contribution in [0.1, 0.15) is 76.8 Å². The molecule has 1 spiro atoms. The van der Waals surface area contributed by atoms with Crippen LogP contribution in [0.25, 0.3) is 0 Å². The number of carbonyl (C=O) groups excluding carboxylic acids is 1. The largest absolute Gasteiger partial charge is 0.356 e. The first-order chi connectivity index (χ1) is 13.7. The van der Waals surface area contributed by atoms with Crippen molar-refractivity contribution in [2.45, 2.75) is 89.6 Å². The topological polar surface area (TPSA) is 70.2 Å². The molecule has 2 heterocycles. The standard InChI is InChI=1S/C22H35N5O/c1-2-17-15-20(24-16-23-17)27-13-8-18(9-14-27)25-21(28)26-19-7-3-4-10-22(19)11-5-6-12-22/h15-16,18-19H,2-14H2,1H3,(H2,25,26,28). The van der Waals surface area contributed by atoms with E-state index in [1.807, 2.05) is 0 Å². The van der Waals surface area contributed by atoms with Crippen molar-refractivity contribution in [3.05, 3.63) is 18.1 Å². The summed E-state index contributed by atoms with van der Waals surface area (Å²) in [7, 11) is 0. The minimum atomic E-state index is 0.0481. The van der Waals surface area contributed by atoms with Gasteiger partial charge in [0.1, 0.15) is 12.1 Å². The average molecular weight is 386 g/mol. The third-order valence-electron chi connectivity index (χ3n) is 7.29. The Bertz CT molecular complexity index is 665. The lowest BCUT2D eigenvalue weighted by Crippen LogP contribution is -2.54. The molecule has 1 unspecified atom stereocenters. The van der Waals surface area contributed by atoms with Crippen molar-refractivity contribution >= 4 is 11.8 Å². The van der Waals surface area contributed by atoms with E-state index in [1.165, 1.54) is 44.9 Å². The SMILES string of the molecule is CCc1cc(N2CCC(NC(=O)NC3CCCCC34CCCC4)CC2)ncn1. The van der Waals surface area contributed by atoms with Gasteiger partial charge in [0.05, 0.1) is 0 Å². The summed E-state index contributed by atoms with van der Waals surface area (Å²) in [5.74, 6) is 1.01. The molecule has 2 N–H and O–H groups in total. The van der Waals surface area contributed by atoms with Crippen molar-refractivity contribution in [1.82, 2.24) is 20.6 Å². The molecule has 1 aromatic rings. The summed E-state index contributed by atoms with van der Waals surface area (Å²) in [6.45, 7) is 3.97. The molecule has 1 aromatic heterocycles. The van der Waals surface area contributed by atoms with Crippen LogP contribution in [-0.2, 0) is 6.42 Å². The van der Waals surface area contributed by atoms with E-state index in [0.717, 1.165) is 50.3 Å². The molecule has 6 heteroatoms. The van der Waals surface area contributed by atoms with Crippen molar-refractivity contribution in [3.8, 4) is 0 Å². The number of rotatable bonds is 4. The highest BCUT2D eigenvalue weighted by Gasteiger charge is 2.43. The van der Waals surface area contributed by atoms with Crippen LogP contribution >= 0.6 is 0 Å². The number of hydrogen-bond donors (Lipinski definition) is 2. The van der Waals surface area contributed by atoms with Gasteiger partial charge in [-0.05, 0) is 50.4 Å². The van der Waals surface area contributed by atoms with Gasteiger partial charge in [-0.25, -0.2) is 14.8 Å². The molecule has 2 amide bonds. The van der Waals surface area contributed by atoms with E-state index in [0.29, 0.717) is 11.5 Å². The number of aromatic nitrogens is 2. The fourth-order valence-corrected chi connectivity index (χ4v) is 5.60. The molecule has 0 radical (unpaired) electrons. The Hall–Kier alpha value is -1.85. The lowest BCUT2D eigenvalue weighted by atomic mass is 9.69. The first-order valence-electron chi connectivity index (χ1n) is 11.3. The number of carbonyl (C=O) groups is 1. The number of piperidine rings is 1. The van der Waals surface area contributed by atoms with Gasteiger partial charge in [0.15, 0.2) is 0 Å². The van der Waals surface area contributed by atoms with Crippen LogP contribution in [-0.4, -0.2) is 41.2 Å². The van der Waals surface area contributed by atoms with E-state index in [4.69, 9.17) is 0 Å². The molecule has 1 atom stereocenters. The van der Waals surface area contributed by atoms with Crippen molar-refractivity contribution in [3.63, 3.8) is 0 Å². The zero-order valence-corrected chi connectivity index (χ0v) is 17.3. The highest BCUT2D eigenvalue weighted by Crippen LogP contribution is 2.49. The Morgan fingerprint density at radius 2 is 1.79 bits per heavy atom. The summed E-state index contributed by atoms with van der Waals surface area (Å²) in [6.07, 6.45) is 14.8. The number of aryl methyl sites for hydroxylation is 1. The van der Waals surface area contributed by atoms with Crippen molar-refractivity contribution in [2.24, 2.45) is 5.41 Å². The summed E-state index contributed by atoms with van der Waals surface area (Å²) in [5.41, 5.74) is 1.47. The van der Waals surface area contributed by atoms with Gasteiger partial charge in [-0.1, -0.05) is 32.6 Å². The fourth-order valence-electron chi connectivity index (χ4n) is 5.60. The number of anilines is 1.